The number of thioether (sulfide) groups is 1. The number of nitrogens with two attached hydrogens (primary N) is 1. The Morgan fingerprint density at radius 3 is 3.00 bits per heavy atom. The van der Waals surface area contributed by atoms with Crippen LogP contribution >= 0.6 is 23.1 Å². The first kappa shape index (κ1) is 13.1. The fourth-order valence-electron chi connectivity index (χ4n) is 1.61. The molecule has 0 aliphatic rings. The van der Waals surface area contributed by atoms with Crippen molar-refractivity contribution in [3.63, 3.8) is 0 Å². The van der Waals surface area contributed by atoms with Crippen LogP contribution in [-0.2, 0) is 5.75 Å². The Bertz CT molecular complexity index is 712. The van der Waals surface area contributed by atoms with Crippen molar-refractivity contribution in [2.45, 2.75) is 10.6 Å². The minimum Gasteiger partial charge on any atom is -0.398 e. The Morgan fingerprint density at radius 1 is 1.35 bits per heavy atom. The number of anilines is 1. The van der Waals surface area contributed by atoms with Crippen molar-refractivity contribution in [2.24, 2.45) is 0 Å². The van der Waals surface area contributed by atoms with Crippen LogP contribution in [0.5, 0.6) is 0 Å². The van der Waals surface area contributed by atoms with Crippen LogP contribution in [0.25, 0.3) is 11.4 Å². The zero-order valence-corrected chi connectivity index (χ0v) is 11.9. The third-order valence-electron chi connectivity index (χ3n) is 2.57. The van der Waals surface area contributed by atoms with E-state index in [0.717, 1.165) is 10.5 Å². The minimum atomic E-state index is -0.343. The van der Waals surface area contributed by atoms with Crippen molar-refractivity contribution in [3.05, 3.63) is 46.7 Å². The highest BCUT2D eigenvalue weighted by atomic mass is 32.2. The van der Waals surface area contributed by atoms with E-state index in [0.29, 0.717) is 23.2 Å². The Morgan fingerprint density at radius 2 is 2.25 bits per heavy atom. The van der Waals surface area contributed by atoms with Crippen molar-refractivity contribution >= 4 is 28.8 Å². The standard InChI is InChI=1S/C13H10FN3OS2/c14-9-1-2-11(10(15)5-9)20-7-12-16-13(17-18-12)8-3-4-19-6-8/h1-6H,7,15H2. The second-order valence-corrected chi connectivity index (χ2v) is 5.79. The van der Waals surface area contributed by atoms with Crippen LogP contribution in [0.3, 0.4) is 0 Å². The maximum Gasteiger partial charge on any atom is 0.237 e. The van der Waals surface area contributed by atoms with Crippen molar-refractivity contribution in [2.75, 3.05) is 5.73 Å². The topological polar surface area (TPSA) is 64.9 Å². The fraction of sp³-hybridized carbons (Fsp3) is 0.0769. The van der Waals surface area contributed by atoms with E-state index in [9.17, 15) is 4.39 Å². The molecule has 20 heavy (non-hydrogen) atoms. The zero-order valence-electron chi connectivity index (χ0n) is 10.2. The molecule has 3 rings (SSSR count). The normalized spacial score (nSPS) is 10.8. The largest absolute Gasteiger partial charge is 0.398 e. The maximum absolute atomic E-state index is 12.9. The van der Waals surface area contributed by atoms with Gasteiger partial charge in [-0.15, -0.1) is 11.8 Å². The summed E-state index contributed by atoms with van der Waals surface area (Å²) in [5, 5.41) is 7.84. The number of hydrogen-bond acceptors (Lipinski definition) is 6. The lowest BCUT2D eigenvalue weighted by Crippen LogP contribution is -1.90. The molecule has 4 nitrogen and oxygen atoms in total. The summed E-state index contributed by atoms with van der Waals surface area (Å²) in [6, 6.07) is 6.26. The summed E-state index contributed by atoms with van der Waals surface area (Å²) in [4.78, 5) is 5.10. The number of nitrogen functional groups attached to an aromatic ring is 1. The lowest BCUT2D eigenvalue weighted by molar-refractivity contribution is 0.391. The van der Waals surface area contributed by atoms with E-state index in [-0.39, 0.29) is 5.82 Å². The quantitative estimate of drug-likeness (QED) is 0.586. The first-order valence-corrected chi connectivity index (χ1v) is 7.68. The van der Waals surface area contributed by atoms with Gasteiger partial charge in [-0.2, -0.15) is 16.3 Å². The summed E-state index contributed by atoms with van der Waals surface area (Å²) in [6.45, 7) is 0. The van der Waals surface area contributed by atoms with E-state index < -0.39 is 0 Å². The van der Waals surface area contributed by atoms with E-state index in [1.165, 1.54) is 23.9 Å². The fourth-order valence-corrected chi connectivity index (χ4v) is 3.03. The Balaban J connectivity index is 1.70. The van der Waals surface area contributed by atoms with E-state index in [1.807, 2.05) is 16.8 Å². The van der Waals surface area contributed by atoms with E-state index >= 15 is 0 Å². The van der Waals surface area contributed by atoms with Gasteiger partial charge in [0.25, 0.3) is 0 Å². The van der Waals surface area contributed by atoms with Crippen LogP contribution in [-0.4, -0.2) is 10.1 Å². The summed E-state index contributed by atoms with van der Waals surface area (Å²) in [7, 11) is 0. The highest BCUT2D eigenvalue weighted by Crippen LogP contribution is 2.29. The van der Waals surface area contributed by atoms with Gasteiger partial charge in [0.2, 0.25) is 11.7 Å². The zero-order chi connectivity index (χ0) is 13.9. The summed E-state index contributed by atoms with van der Waals surface area (Å²) in [5.41, 5.74) is 7.09. The highest BCUT2D eigenvalue weighted by molar-refractivity contribution is 7.98. The number of rotatable bonds is 4. The van der Waals surface area contributed by atoms with Gasteiger partial charge in [-0.25, -0.2) is 4.39 Å². The Kier molecular flexibility index (Phi) is 3.70. The van der Waals surface area contributed by atoms with E-state index in [2.05, 4.69) is 10.1 Å². The Hall–Kier alpha value is -1.86. The molecule has 2 N–H and O–H groups in total. The molecule has 0 spiro atoms. The van der Waals surface area contributed by atoms with Gasteiger partial charge < -0.3 is 10.3 Å². The molecule has 0 atom stereocenters. The molecule has 1 aromatic carbocycles. The molecule has 0 bridgehead atoms. The van der Waals surface area contributed by atoms with Gasteiger partial charge in [0.15, 0.2) is 0 Å². The molecular formula is C13H10FN3OS2. The second-order valence-electron chi connectivity index (χ2n) is 3.99. The molecule has 0 aliphatic carbocycles. The summed E-state index contributed by atoms with van der Waals surface area (Å²) < 4.78 is 18.1. The van der Waals surface area contributed by atoms with Gasteiger partial charge in [-0.1, -0.05) is 5.16 Å². The molecule has 0 amide bonds. The maximum atomic E-state index is 12.9. The average molecular weight is 307 g/mol. The van der Waals surface area contributed by atoms with Crippen molar-refractivity contribution < 1.29 is 8.91 Å². The second kappa shape index (κ2) is 5.64. The lowest BCUT2D eigenvalue weighted by atomic mass is 10.3. The third kappa shape index (κ3) is 2.83. The van der Waals surface area contributed by atoms with E-state index in [4.69, 9.17) is 10.3 Å². The SMILES string of the molecule is Nc1cc(F)ccc1SCc1nc(-c2ccsc2)no1. The number of aromatic nitrogens is 2. The number of nitrogens with zero attached hydrogens (tertiary/aromatic N) is 2. The summed E-state index contributed by atoms with van der Waals surface area (Å²) >= 11 is 3.01. The predicted molar refractivity (Wildman–Crippen MR) is 78.0 cm³/mol. The number of thiophene rings is 1. The Labute approximate surface area is 122 Å². The van der Waals surface area contributed by atoms with Crippen LogP contribution in [0.4, 0.5) is 10.1 Å². The van der Waals surface area contributed by atoms with Crippen molar-refractivity contribution in [3.8, 4) is 11.4 Å². The van der Waals surface area contributed by atoms with Gasteiger partial charge in [-0.05, 0) is 29.6 Å². The van der Waals surface area contributed by atoms with Crippen LogP contribution < -0.4 is 5.73 Å². The van der Waals surface area contributed by atoms with Gasteiger partial charge in [0, 0.05) is 21.5 Å². The molecule has 2 heterocycles. The molecule has 3 aromatic rings. The molecular weight excluding hydrogens is 297 g/mol. The van der Waals surface area contributed by atoms with Gasteiger partial charge >= 0.3 is 0 Å². The molecule has 102 valence electrons. The van der Waals surface area contributed by atoms with Crippen LogP contribution in [0, 0.1) is 5.82 Å². The molecule has 0 radical (unpaired) electrons. The highest BCUT2D eigenvalue weighted by Gasteiger charge is 2.10. The van der Waals surface area contributed by atoms with Crippen molar-refractivity contribution in [1.82, 2.24) is 10.1 Å². The van der Waals surface area contributed by atoms with Gasteiger partial charge in [-0.3, -0.25) is 0 Å². The third-order valence-corrected chi connectivity index (χ3v) is 4.33. The van der Waals surface area contributed by atoms with Gasteiger partial charge in [0.1, 0.15) is 5.82 Å². The minimum absolute atomic E-state index is 0.343. The van der Waals surface area contributed by atoms with E-state index in [1.54, 1.807) is 17.4 Å². The lowest BCUT2D eigenvalue weighted by Gasteiger charge is -2.02. The molecule has 0 fully saturated rings. The number of halogens is 1. The van der Waals surface area contributed by atoms with Crippen molar-refractivity contribution in [1.29, 1.82) is 0 Å². The molecule has 0 aliphatic heterocycles. The predicted octanol–water partition coefficient (Wildman–Crippen LogP) is 3.81. The van der Waals surface area contributed by atoms with Crippen LogP contribution in [0.2, 0.25) is 0 Å². The molecule has 2 aromatic heterocycles. The van der Waals surface area contributed by atoms with Crippen LogP contribution in [0.1, 0.15) is 5.89 Å². The number of hydrogen-bond donors (Lipinski definition) is 1. The monoisotopic (exact) mass is 307 g/mol. The molecule has 7 heteroatoms. The first-order valence-electron chi connectivity index (χ1n) is 5.75. The molecule has 0 saturated heterocycles. The average Bonchev–Trinajstić information content (AvgIpc) is 3.08. The summed E-state index contributed by atoms with van der Waals surface area (Å²) in [6.07, 6.45) is 0. The number of benzene rings is 1. The van der Waals surface area contributed by atoms with Crippen LogP contribution in [0.15, 0.2) is 44.4 Å². The summed E-state index contributed by atoms with van der Waals surface area (Å²) in [5.74, 6) is 1.24. The molecule has 0 saturated carbocycles. The smallest absolute Gasteiger partial charge is 0.237 e. The molecule has 0 unspecified atom stereocenters. The van der Waals surface area contributed by atoms with Gasteiger partial charge in [0.05, 0.1) is 5.75 Å². The first-order chi connectivity index (χ1) is 9.72.